The lowest BCUT2D eigenvalue weighted by molar-refractivity contribution is 0.783. The molecule has 0 aliphatic rings. The number of fused-ring (bicyclic) bond motifs is 4. The number of benzene rings is 3. The van der Waals surface area contributed by atoms with Gasteiger partial charge < -0.3 is 9.99 Å². The van der Waals surface area contributed by atoms with E-state index in [1.54, 1.807) is 0 Å². The molecule has 0 atom stereocenters. The number of nitrogens with one attached hydrogen (secondary N) is 1. The number of hydrogen-bond donors (Lipinski definition) is 1. The third-order valence-corrected chi connectivity index (χ3v) is 5.67. The van der Waals surface area contributed by atoms with Crippen LogP contribution in [0, 0.1) is 0 Å². The number of aryl methyl sites for hydroxylation is 1. The Labute approximate surface area is 166 Å². The maximum Gasteiger partial charge on any atom is 0.197 e. The molecule has 0 radical (unpaired) electrons. The Hall–Kier alpha value is -3.60. The molecule has 2 heterocycles. The number of H-pyrrole nitrogens is 1. The lowest BCUT2D eigenvalue weighted by Crippen LogP contribution is -2.28. The van der Waals surface area contributed by atoms with Crippen molar-refractivity contribution in [3.8, 4) is 0 Å². The molecule has 0 unspecified atom stereocenters. The Morgan fingerprint density at radius 1 is 0.862 bits per heavy atom. The smallest absolute Gasteiger partial charge is 0.197 e. The minimum absolute atomic E-state index is 0.00135. The van der Waals surface area contributed by atoms with Crippen molar-refractivity contribution in [3.63, 3.8) is 0 Å². The van der Waals surface area contributed by atoms with Gasteiger partial charge in [0.1, 0.15) is 0 Å². The summed E-state index contributed by atoms with van der Waals surface area (Å²) in [6.07, 6.45) is 0.642. The maximum atomic E-state index is 13.5. The first kappa shape index (κ1) is 17.5. The monoisotopic (exact) mass is 383 g/mol. The SMILES string of the molecule is CCc1c2[nH]c3ccccc3c(=O)c2cc2c1c(=O)c1ccccc1n2N(C)C. The van der Waals surface area contributed by atoms with E-state index in [2.05, 4.69) is 4.98 Å². The summed E-state index contributed by atoms with van der Waals surface area (Å²) in [5, 5.41) is 4.55. The molecule has 3 aromatic carbocycles. The van der Waals surface area contributed by atoms with E-state index in [0.29, 0.717) is 28.0 Å². The Morgan fingerprint density at radius 2 is 1.55 bits per heavy atom. The Balaban J connectivity index is 2.16. The Morgan fingerprint density at radius 3 is 2.28 bits per heavy atom. The first-order valence-corrected chi connectivity index (χ1v) is 9.74. The molecule has 0 saturated heterocycles. The standard InChI is InChI=1S/C24H21N3O2/c1-4-14-21-20(27(26(2)3)19-12-8-6-10-16(19)24(21)29)13-17-22(14)25-18-11-7-5-9-15(18)23(17)28/h5-13H,4H2,1-3H3,(H,25,28). The topological polar surface area (TPSA) is 58.1 Å². The van der Waals surface area contributed by atoms with E-state index in [1.165, 1.54) is 0 Å². The van der Waals surface area contributed by atoms with Gasteiger partial charge in [0.2, 0.25) is 0 Å². The van der Waals surface area contributed by atoms with Crippen molar-refractivity contribution in [1.29, 1.82) is 0 Å². The molecule has 0 bridgehead atoms. The van der Waals surface area contributed by atoms with Gasteiger partial charge >= 0.3 is 0 Å². The van der Waals surface area contributed by atoms with Crippen LogP contribution in [0.5, 0.6) is 0 Å². The zero-order chi connectivity index (χ0) is 20.3. The van der Waals surface area contributed by atoms with E-state index in [-0.39, 0.29) is 10.9 Å². The van der Waals surface area contributed by atoms with Crippen LogP contribution in [0.4, 0.5) is 0 Å². The average molecular weight is 383 g/mol. The van der Waals surface area contributed by atoms with Gasteiger partial charge in [0.05, 0.1) is 21.9 Å². The van der Waals surface area contributed by atoms with E-state index in [4.69, 9.17) is 0 Å². The van der Waals surface area contributed by atoms with Crippen molar-refractivity contribution in [3.05, 3.63) is 80.6 Å². The predicted octanol–water partition coefficient (Wildman–Crippen LogP) is 3.91. The van der Waals surface area contributed by atoms with Crippen molar-refractivity contribution < 1.29 is 0 Å². The van der Waals surface area contributed by atoms with Crippen LogP contribution in [-0.2, 0) is 6.42 Å². The normalized spacial score (nSPS) is 11.7. The first-order valence-electron chi connectivity index (χ1n) is 9.74. The number of pyridine rings is 2. The number of aromatic nitrogens is 2. The highest BCUT2D eigenvalue weighted by molar-refractivity contribution is 6.06. The minimum atomic E-state index is -0.0168. The van der Waals surface area contributed by atoms with Gasteiger partial charge in [-0.1, -0.05) is 31.2 Å². The third kappa shape index (κ3) is 2.34. The molecule has 1 N–H and O–H groups in total. The second kappa shape index (κ2) is 6.21. The fourth-order valence-electron chi connectivity index (χ4n) is 4.43. The van der Waals surface area contributed by atoms with Gasteiger partial charge in [0, 0.05) is 35.8 Å². The van der Waals surface area contributed by atoms with Gasteiger partial charge in [0.15, 0.2) is 10.9 Å². The molecule has 0 amide bonds. The lowest BCUT2D eigenvalue weighted by Gasteiger charge is -2.24. The van der Waals surface area contributed by atoms with Gasteiger partial charge in [-0.3, -0.25) is 14.3 Å². The summed E-state index contributed by atoms with van der Waals surface area (Å²) < 4.78 is 2.01. The summed E-state index contributed by atoms with van der Waals surface area (Å²) in [4.78, 5) is 30.2. The second-order valence-corrected chi connectivity index (χ2v) is 7.53. The van der Waals surface area contributed by atoms with Gasteiger partial charge in [-0.25, -0.2) is 0 Å². The Kier molecular flexibility index (Phi) is 3.74. The minimum Gasteiger partial charge on any atom is -0.354 e. The molecular weight excluding hydrogens is 362 g/mol. The quantitative estimate of drug-likeness (QED) is 0.470. The molecule has 0 spiro atoms. The number of nitrogens with zero attached hydrogens (tertiary/aromatic N) is 2. The molecule has 0 aliphatic carbocycles. The van der Waals surface area contributed by atoms with Crippen LogP contribution in [0.2, 0.25) is 0 Å². The van der Waals surface area contributed by atoms with Gasteiger partial charge in [-0.05, 0) is 42.3 Å². The summed E-state index contributed by atoms with van der Waals surface area (Å²) in [7, 11) is 3.88. The zero-order valence-electron chi connectivity index (χ0n) is 16.6. The van der Waals surface area contributed by atoms with E-state index >= 15 is 0 Å². The van der Waals surface area contributed by atoms with Crippen LogP contribution in [0.3, 0.4) is 0 Å². The summed E-state index contributed by atoms with van der Waals surface area (Å²) in [6.45, 7) is 2.02. The highest BCUT2D eigenvalue weighted by atomic mass is 16.1. The highest BCUT2D eigenvalue weighted by Gasteiger charge is 2.19. The van der Waals surface area contributed by atoms with E-state index in [1.807, 2.05) is 85.3 Å². The average Bonchev–Trinajstić information content (AvgIpc) is 2.73. The van der Waals surface area contributed by atoms with Crippen molar-refractivity contribution in [2.75, 3.05) is 19.1 Å². The molecule has 5 rings (SSSR count). The summed E-state index contributed by atoms with van der Waals surface area (Å²) in [5.74, 6) is 0. The number of para-hydroxylation sites is 2. The second-order valence-electron chi connectivity index (χ2n) is 7.53. The maximum absolute atomic E-state index is 13.5. The third-order valence-electron chi connectivity index (χ3n) is 5.67. The molecule has 5 heteroatoms. The zero-order valence-corrected chi connectivity index (χ0v) is 16.6. The fourth-order valence-corrected chi connectivity index (χ4v) is 4.43. The summed E-state index contributed by atoms with van der Waals surface area (Å²) in [6, 6.07) is 17.0. The van der Waals surface area contributed by atoms with E-state index in [0.717, 1.165) is 27.6 Å². The van der Waals surface area contributed by atoms with E-state index in [9.17, 15) is 9.59 Å². The summed E-state index contributed by atoms with van der Waals surface area (Å²) in [5.41, 5.74) is 3.98. The molecule has 0 fully saturated rings. The van der Waals surface area contributed by atoms with Crippen LogP contribution in [0.15, 0.2) is 64.2 Å². The van der Waals surface area contributed by atoms with Crippen LogP contribution in [-0.4, -0.2) is 23.8 Å². The molecule has 2 aromatic heterocycles. The van der Waals surface area contributed by atoms with Crippen LogP contribution < -0.4 is 15.9 Å². The van der Waals surface area contributed by atoms with Crippen molar-refractivity contribution >= 4 is 43.6 Å². The first-order chi connectivity index (χ1) is 14.0. The largest absolute Gasteiger partial charge is 0.354 e. The predicted molar refractivity (Wildman–Crippen MR) is 121 cm³/mol. The summed E-state index contributed by atoms with van der Waals surface area (Å²) >= 11 is 0. The van der Waals surface area contributed by atoms with Crippen molar-refractivity contribution in [2.24, 2.45) is 0 Å². The van der Waals surface area contributed by atoms with Crippen LogP contribution in [0.25, 0.3) is 43.6 Å². The van der Waals surface area contributed by atoms with Crippen LogP contribution in [0.1, 0.15) is 12.5 Å². The molecule has 0 saturated carbocycles. The molecular formula is C24H21N3O2. The highest BCUT2D eigenvalue weighted by Crippen LogP contribution is 2.28. The lowest BCUT2D eigenvalue weighted by atomic mass is 9.98. The fraction of sp³-hybridized carbons (Fsp3) is 0.167. The van der Waals surface area contributed by atoms with Crippen LogP contribution >= 0.6 is 0 Å². The van der Waals surface area contributed by atoms with Gasteiger partial charge in [-0.15, -0.1) is 0 Å². The molecule has 5 nitrogen and oxygen atoms in total. The number of hydrogen-bond acceptors (Lipinski definition) is 3. The number of aromatic amines is 1. The Bertz CT molecular complexity index is 1560. The number of rotatable bonds is 2. The molecule has 5 aromatic rings. The van der Waals surface area contributed by atoms with Crippen molar-refractivity contribution in [1.82, 2.24) is 9.66 Å². The molecule has 0 aliphatic heterocycles. The van der Waals surface area contributed by atoms with Gasteiger partial charge in [-0.2, -0.15) is 0 Å². The molecule has 29 heavy (non-hydrogen) atoms. The van der Waals surface area contributed by atoms with E-state index < -0.39 is 0 Å². The van der Waals surface area contributed by atoms with Gasteiger partial charge in [0.25, 0.3) is 0 Å². The van der Waals surface area contributed by atoms with Crippen molar-refractivity contribution in [2.45, 2.75) is 13.3 Å². The molecule has 144 valence electrons.